The minimum atomic E-state index is -0.623. The molecule has 0 atom stereocenters. The summed E-state index contributed by atoms with van der Waals surface area (Å²) in [5.41, 5.74) is 3.64. The number of rotatable bonds is 5. The van der Waals surface area contributed by atoms with Gasteiger partial charge in [0.2, 0.25) is 0 Å². The van der Waals surface area contributed by atoms with Gasteiger partial charge in [0, 0.05) is 0 Å². The molecule has 0 saturated heterocycles. The Morgan fingerprint density at radius 1 is 0.714 bits per heavy atom. The fourth-order valence-electron chi connectivity index (χ4n) is 3.15. The zero-order valence-electron chi connectivity index (χ0n) is 15.0. The maximum atomic E-state index is 12.3. The van der Waals surface area contributed by atoms with Gasteiger partial charge in [-0.1, -0.05) is 66.7 Å². The Labute approximate surface area is 162 Å². The summed E-state index contributed by atoms with van der Waals surface area (Å²) >= 11 is 0. The zero-order chi connectivity index (χ0) is 19.5. The minimum absolute atomic E-state index is 0.0804. The molecule has 0 unspecified atom stereocenters. The van der Waals surface area contributed by atoms with Crippen molar-refractivity contribution >= 4 is 17.8 Å². The Bertz CT molecular complexity index is 1010. The molecule has 138 valence electrons. The average Bonchev–Trinajstić information content (AvgIpc) is 2.98. The fraction of sp³-hybridized carbons (Fsp3) is 0.0870. The first-order valence-electron chi connectivity index (χ1n) is 8.89. The van der Waals surface area contributed by atoms with Crippen molar-refractivity contribution in [2.45, 2.75) is 6.61 Å². The first-order chi connectivity index (χ1) is 13.6. The van der Waals surface area contributed by atoms with Crippen LogP contribution in [0.3, 0.4) is 0 Å². The summed E-state index contributed by atoms with van der Waals surface area (Å²) in [5.74, 6) is -1.56. The van der Waals surface area contributed by atoms with Crippen molar-refractivity contribution in [3.8, 4) is 11.1 Å². The molecule has 5 nitrogen and oxygen atoms in total. The number of esters is 1. The van der Waals surface area contributed by atoms with E-state index in [2.05, 4.69) is 0 Å². The molecule has 1 heterocycles. The molecular formula is C23H17NO4. The molecule has 1 aliphatic rings. The highest BCUT2D eigenvalue weighted by Gasteiger charge is 2.36. The molecule has 0 radical (unpaired) electrons. The lowest BCUT2D eigenvalue weighted by atomic mass is 10.0. The quantitative estimate of drug-likeness (QED) is 0.507. The van der Waals surface area contributed by atoms with E-state index < -0.39 is 24.3 Å². The highest BCUT2D eigenvalue weighted by atomic mass is 16.5. The number of benzene rings is 3. The second-order valence-corrected chi connectivity index (χ2v) is 6.47. The highest BCUT2D eigenvalue weighted by Crippen LogP contribution is 2.22. The van der Waals surface area contributed by atoms with Gasteiger partial charge in [-0.2, -0.15) is 0 Å². The summed E-state index contributed by atoms with van der Waals surface area (Å²) in [6, 6.07) is 24.2. The molecule has 0 spiro atoms. The molecular weight excluding hydrogens is 354 g/mol. The lowest BCUT2D eigenvalue weighted by Crippen LogP contribution is -2.35. The van der Waals surface area contributed by atoms with Gasteiger partial charge < -0.3 is 4.74 Å². The van der Waals surface area contributed by atoms with Crippen molar-refractivity contribution in [3.05, 3.63) is 95.6 Å². The molecule has 3 aromatic carbocycles. The summed E-state index contributed by atoms with van der Waals surface area (Å²) < 4.78 is 5.25. The van der Waals surface area contributed by atoms with E-state index in [0.717, 1.165) is 21.6 Å². The maximum absolute atomic E-state index is 12.3. The van der Waals surface area contributed by atoms with Gasteiger partial charge in [-0.05, 0) is 28.8 Å². The van der Waals surface area contributed by atoms with E-state index in [1.807, 2.05) is 54.6 Å². The van der Waals surface area contributed by atoms with Gasteiger partial charge in [0.15, 0.2) is 0 Å². The Kier molecular flexibility index (Phi) is 4.72. The molecule has 0 aromatic heterocycles. The van der Waals surface area contributed by atoms with Gasteiger partial charge >= 0.3 is 5.97 Å². The largest absolute Gasteiger partial charge is 0.459 e. The average molecular weight is 371 g/mol. The number of hydrogen-bond acceptors (Lipinski definition) is 4. The number of imide groups is 1. The second-order valence-electron chi connectivity index (χ2n) is 6.47. The Hall–Kier alpha value is -3.73. The zero-order valence-corrected chi connectivity index (χ0v) is 15.0. The first kappa shape index (κ1) is 17.7. The molecule has 0 aliphatic carbocycles. The van der Waals surface area contributed by atoms with Crippen molar-refractivity contribution in [2.24, 2.45) is 0 Å². The van der Waals surface area contributed by atoms with Crippen LogP contribution in [0.2, 0.25) is 0 Å². The topological polar surface area (TPSA) is 63.7 Å². The SMILES string of the molecule is O=C(CN1C(=O)c2ccccc2C1=O)OCc1ccc(-c2ccccc2)cc1. The third kappa shape index (κ3) is 3.42. The third-order valence-corrected chi connectivity index (χ3v) is 4.63. The van der Waals surface area contributed by atoms with Gasteiger partial charge in [0.25, 0.3) is 11.8 Å². The molecule has 2 amide bonds. The summed E-state index contributed by atoms with van der Waals surface area (Å²) in [6.45, 7) is -0.314. The maximum Gasteiger partial charge on any atom is 0.326 e. The number of carbonyl (C=O) groups is 3. The molecule has 0 fully saturated rings. The van der Waals surface area contributed by atoms with Crippen molar-refractivity contribution < 1.29 is 19.1 Å². The molecule has 4 rings (SSSR count). The predicted octanol–water partition coefficient (Wildman–Crippen LogP) is 3.69. The fourth-order valence-corrected chi connectivity index (χ4v) is 3.15. The Morgan fingerprint density at radius 2 is 1.25 bits per heavy atom. The normalized spacial score (nSPS) is 12.8. The lowest BCUT2D eigenvalue weighted by Gasteiger charge is -2.13. The molecule has 3 aromatic rings. The van der Waals surface area contributed by atoms with Crippen LogP contribution in [0.25, 0.3) is 11.1 Å². The van der Waals surface area contributed by atoms with Gasteiger partial charge in [-0.3, -0.25) is 19.3 Å². The number of fused-ring (bicyclic) bond motifs is 1. The van der Waals surface area contributed by atoms with Crippen LogP contribution in [-0.4, -0.2) is 29.2 Å². The van der Waals surface area contributed by atoms with Crippen LogP contribution in [0.4, 0.5) is 0 Å². The molecule has 0 N–H and O–H groups in total. The number of amides is 2. The number of nitrogens with zero attached hydrogens (tertiary/aromatic N) is 1. The summed E-state index contributed by atoms with van der Waals surface area (Å²) in [5, 5.41) is 0. The van der Waals surface area contributed by atoms with E-state index in [1.54, 1.807) is 24.3 Å². The predicted molar refractivity (Wildman–Crippen MR) is 103 cm³/mol. The molecule has 0 saturated carbocycles. The Morgan fingerprint density at radius 3 is 1.86 bits per heavy atom. The van der Waals surface area contributed by atoms with Gasteiger partial charge in [0.1, 0.15) is 13.2 Å². The van der Waals surface area contributed by atoms with E-state index in [4.69, 9.17) is 4.74 Å². The molecule has 0 bridgehead atoms. The standard InChI is InChI=1S/C23H17NO4/c25-21(14-24-22(26)19-8-4-5-9-20(19)23(24)27)28-15-16-10-12-18(13-11-16)17-6-2-1-3-7-17/h1-13H,14-15H2. The van der Waals surface area contributed by atoms with Crippen molar-refractivity contribution in [2.75, 3.05) is 6.54 Å². The van der Waals surface area contributed by atoms with Gasteiger partial charge in [0.05, 0.1) is 11.1 Å². The number of hydrogen-bond donors (Lipinski definition) is 0. The van der Waals surface area contributed by atoms with Crippen molar-refractivity contribution in [1.82, 2.24) is 4.90 Å². The summed E-state index contributed by atoms with van der Waals surface area (Å²) in [7, 11) is 0. The minimum Gasteiger partial charge on any atom is -0.459 e. The van der Waals surface area contributed by atoms with Gasteiger partial charge in [-0.25, -0.2) is 0 Å². The van der Waals surface area contributed by atoms with E-state index in [9.17, 15) is 14.4 Å². The van der Waals surface area contributed by atoms with E-state index in [1.165, 1.54) is 0 Å². The van der Waals surface area contributed by atoms with Crippen LogP contribution in [-0.2, 0) is 16.1 Å². The van der Waals surface area contributed by atoms with E-state index >= 15 is 0 Å². The molecule has 5 heteroatoms. The van der Waals surface area contributed by atoms with Crippen LogP contribution in [0.15, 0.2) is 78.9 Å². The van der Waals surface area contributed by atoms with Crippen LogP contribution >= 0.6 is 0 Å². The first-order valence-corrected chi connectivity index (χ1v) is 8.89. The third-order valence-electron chi connectivity index (χ3n) is 4.63. The second kappa shape index (κ2) is 7.48. The summed E-state index contributed by atoms with van der Waals surface area (Å²) in [4.78, 5) is 37.6. The van der Waals surface area contributed by atoms with Crippen molar-refractivity contribution in [1.29, 1.82) is 0 Å². The van der Waals surface area contributed by atoms with E-state index in [-0.39, 0.29) is 6.61 Å². The molecule has 1 aliphatic heterocycles. The smallest absolute Gasteiger partial charge is 0.326 e. The summed E-state index contributed by atoms with van der Waals surface area (Å²) in [6.07, 6.45) is 0. The highest BCUT2D eigenvalue weighted by molar-refractivity contribution is 6.22. The lowest BCUT2D eigenvalue weighted by molar-refractivity contribution is -0.145. The number of carbonyl (C=O) groups excluding carboxylic acids is 3. The van der Waals surface area contributed by atoms with E-state index in [0.29, 0.717) is 11.1 Å². The van der Waals surface area contributed by atoms with Crippen LogP contribution in [0.5, 0.6) is 0 Å². The van der Waals surface area contributed by atoms with Gasteiger partial charge in [-0.15, -0.1) is 0 Å². The van der Waals surface area contributed by atoms with Crippen LogP contribution in [0, 0.1) is 0 Å². The monoisotopic (exact) mass is 371 g/mol. The molecule has 28 heavy (non-hydrogen) atoms. The number of ether oxygens (including phenoxy) is 1. The Balaban J connectivity index is 1.35. The van der Waals surface area contributed by atoms with Crippen molar-refractivity contribution in [3.63, 3.8) is 0 Å². The van der Waals surface area contributed by atoms with Crippen LogP contribution in [0.1, 0.15) is 26.3 Å². The van der Waals surface area contributed by atoms with Crippen LogP contribution < -0.4 is 0 Å².